The van der Waals surface area contributed by atoms with E-state index in [1.807, 2.05) is 41.9 Å². The van der Waals surface area contributed by atoms with Gasteiger partial charge in [-0.15, -0.1) is 10.2 Å². The molecule has 1 N–H and O–H groups in total. The molecule has 4 rings (SSSR count). The molecule has 1 amide bonds. The van der Waals surface area contributed by atoms with E-state index in [-0.39, 0.29) is 5.91 Å². The molecule has 1 aliphatic rings. The number of hydrogen-bond acceptors (Lipinski definition) is 5. The zero-order chi connectivity index (χ0) is 16.5. The van der Waals surface area contributed by atoms with E-state index in [1.54, 1.807) is 6.20 Å². The van der Waals surface area contributed by atoms with Gasteiger partial charge in [0.2, 0.25) is 5.13 Å². The topological polar surface area (TPSA) is 72.7 Å². The Kier molecular flexibility index (Phi) is 3.86. The Morgan fingerprint density at radius 2 is 2.08 bits per heavy atom. The summed E-state index contributed by atoms with van der Waals surface area (Å²) in [5.41, 5.74) is 2.40. The number of benzene rings is 1. The molecule has 0 spiro atoms. The fourth-order valence-corrected chi connectivity index (χ4v) is 3.55. The number of rotatable bonds is 5. The first-order chi connectivity index (χ1) is 11.8. The van der Waals surface area contributed by atoms with Crippen molar-refractivity contribution in [3.05, 3.63) is 52.8 Å². The molecule has 0 bridgehead atoms. The number of nitrogens with one attached hydrogen (secondary N) is 1. The van der Waals surface area contributed by atoms with E-state index in [4.69, 9.17) is 0 Å². The standard InChI is InChI=1S/C17H17N5OS/c1-2-14-13(10-18-22(14)12-6-4-3-5-7-12)15(23)19-17-21-20-16(24-17)11-8-9-11/h3-7,10-11H,2,8-9H2,1H3,(H,19,21,23). The summed E-state index contributed by atoms with van der Waals surface area (Å²) in [5, 5.41) is 17.0. The number of carbonyl (C=O) groups is 1. The van der Waals surface area contributed by atoms with Crippen LogP contribution in [0.25, 0.3) is 5.69 Å². The maximum absolute atomic E-state index is 12.6. The summed E-state index contributed by atoms with van der Waals surface area (Å²) in [4.78, 5) is 12.6. The van der Waals surface area contributed by atoms with E-state index in [9.17, 15) is 4.79 Å². The predicted molar refractivity (Wildman–Crippen MR) is 92.8 cm³/mol. The summed E-state index contributed by atoms with van der Waals surface area (Å²) in [6.45, 7) is 2.02. The van der Waals surface area contributed by atoms with E-state index >= 15 is 0 Å². The maximum atomic E-state index is 12.6. The highest BCUT2D eigenvalue weighted by atomic mass is 32.1. The Bertz CT molecular complexity index is 866. The third kappa shape index (κ3) is 2.82. The first-order valence-electron chi connectivity index (χ1n) is 8.03. The van der Waals surface area contributed by atoms with Gasteiger partial charge in [-0.05, 0) is 31.4 Å². The highest BCUT2D eigenvalue weighted by molar-refractivity contribution is 7.15. The molecule has 6 nitrogen and oxygen atoms in total. The minimum atomic E-state index is -0.187. The zero-order valence-electron chi connectivity index (χ0n) is 13.3. The number of hydrogen-bond donors (Lipinski definition) is 1. The summed E-state index contributed by atoms with van der Waals surface area (Å²) in [6.07, 6.45) is 4.67. The van der Waals surface area contributed by atoms with Crippen molar-refractivity contribution in [3.8, 4) is 5.69 Å². The van der Waals surface area contributed by atoms with Gasteiger partial charge in [0.25, 0.3) is 5.91 Å². The molecule has 0 saturated heterocycles. The molecule has 7 heteroatoms. The number of nitrogens with zero attached hydrogens (tertiary/aromatic N) is 4. The number of amides is 1. The van der Waals surface area contributed by atoms with E-state index in [1.165, 1.54) is 24.2 Å². The summed E-state index contributed by atoms with van der Waals surface area (Å²) < 4.78 is 1.81. The molecule has 2 aromatic heterocycles. The molecule has 1 saturated carbocycles. The van der Waals surface area contributed by atoms with Crippen molar-refractivity contribution in [1.82, 2.24) is 20.0 Å². The van der Waals surface area contributed by atoms with Crippen LogP contribution in [0.15, 0.2) is 36.5 Å². The number of anilines is 1. The molecule has 0 atom stereocenters. The lowest BCUT2D eigenvalue weighted by Crippen LogP contribution is -2.14. The number of carbonyl (C=O) groups excluding carboxylic acids is 1. The Hall–Kier alpha value is -2.54. The van der Waals surface area contributed by atoms with E-state index < -0.39 is 0 Å². The van der Waals surface area contributed by atoms with Crippen LogP contribution in [0.3, 0.4) is 0 Å². The molecule has 2 heterocycles. The average molecular weight is 339 g/mol. The molecule has 1 aromatic carbocycles. The van der Waals surface area contributed by atoms with Gasteiger partial charge in [-0.1, -0.05) is 36.5 Å². The summed E-state index contributed by atoms with van der Waals surface area (Å²) in [5.74, 6) is 0.354. The third-order valence-electron chi connectivity index (χ3n) is 4.04. The lowest BCUT2D eigenvalue weighted by molar-refractivity contribution is 0.102. The first kappa shape index (κ1) is 15.0. The predicted octanol–water partition coefficient (Wildman–Crippen LogP) is 3.42. The molecule has 0 radical (unpaired) electrons. The molecule has 24 heavy (non-hydrogen) atoms. The van der Waals surface area contributed by atoms with Crippen molar-refractivity contribution >= 4 is 22.4 Å². The smallest absolute Gasteiger partial charge is 0.260 e. The Balaban J connectivity index is 1.58. The quantitative estimate of drug-likeness (QED) is 0.773. The van der Waals surface area contributed by atoms with E-state index in [0.717, 1.165) is 16.4 Å². The molecule has 0 aliphatic heterocycles. The van der Waals surface area contributed by atoms with Crippen LogP contribution in [0.5, 0.6) is 0 Å². The van der Waals surface area contributed by atoms with Gasteiger partial charge in [-0.3, -0.25) is 10.1 Å². The maximum Gasteiger partial charge on any atom is 0.260 e. The summed E-state index contributed by atoms with van der Waals surface area (Å²) in [6, 6.07) is 9.81. The molecular weight excluding hydrogens is 322 g/mol. The van der Waals surface area contributed by atoms with Crippen LogP contribution < -0.4 is 5.32 Å². The van der Waals surface area contributed by atoms with Gasteiger partial charge in [-0.2, -0.15) is 5.10 Å². The second-order valence-corrected chi connectivity index (χ2v) is 6.79. The van der Waals surface area contributed by atoms with Crippen molar-refractivity contribution in [2.75, 3.05) is 5.32 Å². The van der Waals surface area contributed by atoms with Gasteiger partial charge in [0.1, 0.15) is 5.01 Å². The third-order valence-corrected chi connectivity index (χ3v) is 5.04. The van der Waals surface area contributed by atoms with E-state index in [2.05, 4.69) is 20.6 Å². The van der Waals surface area contributed by atoms with Crippen molar-refractivity contribution in [3.63, 3.8) is 0 Å². The highest BCUT2D eigenvalue weighted by Crippen LogP contribution is 2.42. The van der Waals surface area contributed by atoms with Gasteiger partial charge in [-0.25, -0.2) is 4.68 Å². The first-order valence-corrected chi connectivity index (χ1v) is 8.85. The normalized spacial score (nSPS) is 13.9. The van der Waals surface area contributed by atoms with Crippen molar-refractivity contribution in [2.24, 2.45) is 0 Å². The minimum absolute atomic E-state index is 0.187. The zero-order valence-corrected chi connectivity index (χ0v) is 14.1. The van der Waals surface area contributed by atoms with Crippen molar-refractivity contribution in [2.45, 2.75) is 32.1 Å². The van der Waals surface area contributed by atoms with E-state index in [0.29, 0.717) is 23.0 Å². The number of para-hydroxylation sites is 1. The van der Waals surface area contributed by atoms with Crippen molar-refractivity contribution in [1.29, 1.82) is 0 Å². The monoisotopic (exact) mass is 339 g/mol. The molecule has 122 valence electrons. The Labute approximate surface area is 143 Å². The molecule has 0 unspecified atom stereocenters. The largest absolute Gasteiger partial charge is 0.296 e. The van der Waals surface area contributed by atoms with Gasteiger partial charge in [0.05, 0.1) is 23.1 Å². The molecule has 3 aromatic rings. The Morgan fingerprint density at radius 3 is 2.79 bits per heavy atom. The summed E-state index contributed by atoms with van der Waals surface area (Å²) in [7, 11) is 0. The van der Waals surface area contributed by atoms with Crippen LogP contribution in [-0.2, 0) is 6.42 Å². The van der Waals surface area contributed by atoms with Gasteiger partial charge in [0, 0.05) is 5.92 Å². The SMILES string of the molecule is CCc1c(C(=O)Nc2nnc(C3CC3)s2)cnn1-c1ccccc1. The Morgan fingerprint density at radius 1 is 1.29 bits per heavy atom. The van der Waals surface area contributed by atoms with Crippen LogP contribution >= 0.6 is 11.3 Å². The second kappa shape index (κ2) is 6.16. The van der Waals surface area contributed by atoms with Gasteiger partial charge < -0.3 is 0 Å². The van der Waals surface area contributed by atoms with Crippen LogP contribution in [0.1, 0.15) is 46.7 Å². The molecular formula is C17H17N5OS. The van der Waals surface area contributed by atoms with Gasteiger partial charge >= 0.3 is 0 Å². The minimum Gasteiger partial charge on any atom is -0.296 e. The summed E-state index contributed by atoms with van der Waals surface area (Å²) >= 11 is 1.46. The fourth-order valence-electron chi connectivity index (χ4n) is 2.64. The second-order valence-electron chi connectivity index (χ2n) is 5.78. The van der Waals surface area contributed by atoms with Crippen LogP contribution in [0.4, 0.5) is 5.13 Å². The average Bonchev–Trinajstić information content (AvgIpc) is 3.20. The lowest BCUT2D eigenvalue weighted by Gasteiger charge is -2.07. The highest BCUT2D eigenvalue weighted by Gasteiger charge is 2.28. The molecule has 1 aliphatic carbocycles. The lowest BCUT2D eigenvalue weighted by atomic mass is 10.2. The number of aromatic nitrogens is 4. The van der Waals surface area contributed by atoms with Crippen LogP contribution in [0.2, 0.25) is 0 Å². The van der Waals surface area contributed by atoms with Crippen LogP contribution in [-0.4, -0.2) is 25.9 Å². The van der Waals surface area contributed by atoms with Gasteiger partial charge in [0.15, 0.2) is 0 Å². The van der Waals surface area contributed by atoms with Crippen molar-refractivity contribution < 1.29 is 4.79 Å². The fraction of sp³-hybridized carbons (Fsp3) is 0.294. The molecule has 1 fully saturated rings. The van der Waals surface area contributed by atoms with Crippen LogP contribution in [0, 0.1) is 0 Å².